The maximum Gasteiger partial charge on any atom is 0.416 e. The first-order valence-corrected chi connectivity index (χ1v) is 8.47. The van der Waals surface area contributed by atoms with E-state index in [9.17, 15) is 13.2 Å². The summed E-state index contributed by atoms with van der Waals surface area (Å²) in [6.07, 6.45) is -1.11. The highest BCUT2D eigenvalue weighted by molar-refractivity contribution is 5.47. The monoisotopic (exact) mass is 372 g/mol. The molecule has 3 rings (SSSR count). The molecule has 0 aliphatic heterocycles. The molecule has 0 aliphatic carbocycles. The van der Waals surface area contributed by atoms with Gasteiger partial charge < -0.3 is 11.1 Å². The molecule has 4 nitrogen and oxygen atoms in total. The molecule has 0 aliphatic rings. The lowest BCUT2D eigenvalue weighted by Crippen LogP contribution is -2.09. The lowest BCUT2D eigenvalue weighted by atomic mass is 10.1. The van der Waals surface area contributed by atoms with Crippen molar-refractivity contribution in [1.82, 2.24) is 9.97 Å². The Morgan fingerprint density at radius 3 is 2.26 bits per heavy atom. The molecule has 0 unspecified atom stereocenters. The highest BCUT2D eigenvalue weighted by atomic mass is 19.4. The average molecular weight is 372 g/mol. The van der Waals surface area contributed by atoms with E-state index in [0.717, 1.165) is 30.5 Å². The minimum Gasteiger partial charge on any atom is -0.368 e. The molecule has 27 heavy (non-hydrogen) atoms. The Hall–Kier alpha value is -3.09. The quantitative estimate of drug-likeness (QED) is 0.670. The average Bonchev–Trinajstić information content (AvgIpc) is 2.66. The number of aromatic nitrogens is 2. The number of nitrogen functional groups attached to an aromatic ring is 1. The van der Waals surface area contributed by atoms with Crippen LogP contribution in [-0.2, 0) is 25.6 Å². The SMILES string of the molecule is Nc1ncc(CCc2ccccc2)c(NCc2ccc(C(F)(F)F)cc2)n1. The van der Waals surface area contributed by atoms with Gasteiger partial charge in [0.25, 0.3) is 0 Å². The van der Waals surface area contributed by atoms with Crippen LogP contribution in [0, 0.1) is 0 Å². The zero-order valence-electron chi connectivity index (χ0n) is 14.5. The Morgan fingerprint density at radius 2 is 1.59 bits per heavy atom. The van der Waals surface area contributed by atoms with E-state index in [2.05, 4.69) is 15.3 Å². The van der Waals surface area contributed by atoms with Crippen molar-refractivity contribution in [1.29, 1.82) is 0 Å². The number of anilines is 2. The summed E-state index contributed by atoms with van der Waals surface area (Å²) in [5, 5.41) is 3.15. The van der Waals surface area contributed by atoms with Gasteiger partial charge in [-0.15, -0.1) is 0 Å². The van der Waals surface area contributed by atoms with E-state index in [1.165, 1.54) is 17.7 Å². The van der Waals surface area contributed by atoms with Gasteiger partial charge in [0, 0.05) is 18.3 Å². The summed E-state index contributed by atoms with van der Waals surface area (Å²) in [7, 11) is 0. The molecule has 0 bridgehead atoms. The third kappa shape index (κ3) is 5.20. The van der Waals surface area contributed by atoms with E-state index in [-0.39, 0.29) is 5.95 Å². The zero-order chi connectivity index (χ0) is 19.3. The maximum absolute atomic E-state index is 12.6. The van der Waals surface area contributed by atoms with E-state index < -0.39 is 11.7 Å². The van der Waals surface area contributed by atoms with Crippen LogP contribution in [0.1, 0.15) is 22.3 Å². The maximum atomic E-state index is 12.6. The number of hydrogen-bond donors (Lipinski definition) is 2. The molecule has 7 heteroatoms. The van der Waals surface area contributed by atoms with Gasteiger partial charge in [0.15, 0.2) is 0 Å². The smallest absolute Gasteiger partial charge is 0.368 e. The van der Waals surface area contributed by atoms with E-state index in [1.54, 1.807) is 6.20 Å². The van der Waals surface area contributed by atoms with Crippen molar-refractivity contribution >= 4 is 11.8 Å². The van der Waals surface area contributed by atoms with Gasteiger partial charge >= 0.3 is 6.18 Å². The fourth-order valence-electron chi connectivity index (χ4n) is 2.68. The molecular weight excluding hydrogens is 353 g/mol. The highest BCUT2D eigenvalue weighted by Gasteiger charge is 2.29. The topological polar surface area (TPSA) is 63.8 Å². The summed E-state index contributed by atoms with van der Waals surface area (Å²) in [4.78, 5) is 8.28. The molecule has 0 amide bonds. The molecule has 2 aromatic carbocycles. The lowest BCUT2D eigenvalue weighted by molar-refractivity contribution is -0.137. The van der Waals surface area contributed by atoms with Crippen molar-refractivity contribution in [2.24, 2.45) is 0 Å². The predicted octanol–water partition coefficient (Wildman–Crippen LogP) is 4.47. The van der Waals surface area contributed by atoms with Gasteiger partial charge in [-0.3, -0.25) is 0 Å². The van der Waals surface area contributed by atoms with Crippen LogP contribution in [0.2, 0.25) is 0 Å². The van der Waals surface area contributed by atoms with E-state index in [4.69, 9.17) is 5.73 Å². The number of hydrogen-bond acceptors (Lipinski definition) is 4. The first-order chi connectivity index (χ1) is 12.9. The van der Waals surface area contributed by atoms with Gasteiger partial charge in [0.2, 0.25) is 5.95 Å². The lowest BCUT2D eigenvalue weighted by Gasteiger charge is -2.12. The summed E-state index contributed by atoms with van der Waals surface area (Å²) in [6, 6.07) is 15.1. The first-order valence-electron chi connectivity index (χ1n) is 8.47. The van der Waals surface area contributed by atoms with Crippen molar-refractivity contribution < 1.29 is 13.2 Å². The van der Waals surface area contributed by atoms with Gasteiger partial charge in [0.05, 0.1) is 5.56 Å². The number of rotatable bonds is 6. The molecule has 0 radical (unpaired) electrons. The van der Waals surface area contributed by atoms with Crippen molar-refractivity contribution in [3.8, 4) is 0 Å². The van der Waals surface area contributed by atoms with Crippen molar-refractivity contribution in [2.75, 3.05) is 11.1 Å². The number of alkyl halides is 3. The minimum atomic E-state index is -4.34. The zero-order valence-corrected chi connectivity index (χ0v) is 14.5. The van der Waals surface area contributed by atoms with Crippen LogP contribution >= 0.6 is 0 Å². The van der Waals surface area contributed by atoms with Gasteiger partial charge in [0.1, 0.15) is 5.82 Å². The van der Waals surface area contributed by atoms with Crippen LogP contribution in [-0.4, -0.2) is 9.97 Å². The number of aryl methyl sites for hydroxylation is 2. The standard InChI is InChI=1S/C20H19F3N4/c21-20(22,23)17-10-7-15(8-11-17)12-25-18-16(13-26-19(24)27-18)9-6-14-4-2-1-3-5-14/h1-5,7-8,10-11,13H,6,9,12H2,(H3,24,25,26,27). The number of halogens is 3. The highest BCUT2D eigenvalue weighted by Crippen LogP contribution is 2.29. The normalized spacial score (nSPS) is 11.4. The molecule has 0 fully saturated rings. The number of nitrogens with zero attached hydrogens (tertiary/aromatic N) is 2. The summed E-state index contributed by atoms with van der Waals surface area (Å²) >= 11 is 0. The summed E-state index contributed by atoms with van der Waals surface area (Å²) in [5.74, 6) is 0.742. The first kappa shape index (κ1) is 18.7. The number of nitrogens with one attached hydrogen (secondary N) is 1. The molecule has 0 spiro atoms. The number of nitrogens with two attached hydrogens (primary N) is 1. The van der Waals surface area contributed by atoms with Crippen LogP contribution in [0.3, 0.4) is 0 Å². The van der Waals surface area contributed by atoms with Crippen LogP contribution in [0.25, 0.3) is 0 Å². The van der Waals surface area contributed by atoms with Gasteiger partial charge in [-0.05, 0) is 36.1 Å². The minimum absolute atomic E-state index is 0.147. The molecular formula is C20H19F3N4. The van der Waals surface area contributed by atoms with Crippen molar-refractivity contribution in [3.63, 3.8) is 0 Å². The molecule has 1 heterocycles. The Labute approximate surface area is 155 Å². The fraction of sp³-hybridized carbons (Fsp3) is 0.200. The Morgan fingerprint density at radius 1 is 0.889 bits per heavy atom. The Kier molecular flexibility index (Phi) is 5.59. The third-order valence-electron chi connectivity index (χ3n) is 4.15. The molecule has 3 aromatic rings. The molecule has 0 saturated carbocycles. The van der Waals surface area contributed by atoms with Crippen molar-refractivity contribution in [2.45, 2.75) is 25.6 Å². The van der Waals surface area contributed by atoms with Crippen LogP contribution in [0.4, 0.5) is 24.9 Å². The summed E-state index contributed by atoms with van der Waals surface area (Å²) in [6.45, 7) is 0.340. The molecule has 3 N–H and O–H groups in total. The second kappa shape index (κ2) is 8.07. The van der Waals surface area contributed by atoms with Crippen molar-refractivity contribution in [3.05, 3.63) is 83.0 Å². The molecule has 1 aromatic heterocycles. The Balaban J connectivity index is 1.68. The van der Waals surface area contributed by atoms with Gasteiger partial charge in [-0.1, -0.05) is 42.5 Å². The van der Waals surface area contributed by atoms with Crippen LogP contribution < -0.4 is 11.1 Å². The molecule has 0 saturated heterocycles. The summed E-state index contributed by atoms with van der Waals surface area (Å²) in [5.41, 5.74) is 7.84. The molecule has 0 atom stereocenters. The summed E-state index contributed by atoms with van der Waals surface area (Å²) < 4.78 is 37.9. The van der Waals surface area contributed by atoms with Gasteiger partial charge in [-0.2, -0.15) is 18.2 Å². The van der Waals surface area contributed by atoms with E-state index in [0.29, 0.717) is 17.9 Å². The fourth-order valence-corrected chi connectivity index (χ4v) is 2.68. The number of benzene rings is 2. The Bertz CT molecular complexity index is 878. The third-order valence-corrected chi connectivity index (χ3v) is 4.15. The van der Waals surface area contributed by atoms with E-state index >= 15 is 0 Å². The predicted molar refractivity (Wildman–Crippen MR) is 99.1 cm³/mol. The molecule has 140 valence electrons. The van der Waals surface area contributed by atoms with E-state index in [1.807, 2.05) is 30.3 Å². The largest absolute Gasteiger partial charge is 0.416 e. The second-order valence-corrected chi connectivity index (χ2v) is 6.14. The van der Waals surface area contributed by atoms with Crippen LogP contribution in [0.15, 0.2) is 60.8 Å². The second-order valence-electron chi connectivity index (χ2n) is 6.14. The van der Waals surface area contributed by atoms with Gasteiger partial charge in [-0.25, -0.2) is 4.98 Å². The van der Waals surface area contributed by atoms with Crippen LogP contribution in [0.5, 0.6) is 0 Å².